The summed E-state index contributed by atoms with van der Waals surface area (Å²) in [5.41, 5.74) is -0.443. The SMILES string of the molecule is CC(C)C(CC1CO1)NC(=O)OC(C)(C)C. The summed E-state index contributed by atoms with van der Waals surface area (Å²) in [5.74, 6) is 0.386. The van der Waals surface area contributed by atoms with Gasteiger partial charge in [0, 0.05) is 6.04 Å². The minimum Gasteiger partial charge on any atom is -0.444 e. The Morgan fingerprint density at radius 3 is 2.44 bits per heavy atom. The Kier molecular flexibility index (Phi) is 4.19. The van der Waals surface area contributed by atoms with E-state index in [1.54, 1.807) is 0 Å². The highest BCUT2D eigenvalue weighted by Crippen LogP contribution is 2.20. The molecule has 0 aromatic carbocycles. The van der Waals surface area contributed by atoms with Gasteiger partial charge in [-0.2, -0.15) is 0 Å². The Hall–Kier alpha value is -0.770. The van der Waals surface area contributed by atoms with Crippen molar-refractivity contribution in [2.24, 2.45) is 5.92 Å². The Labute approximate surface area is 97.7 Å². The van der Waals surface area contributed by atoms with E-state index in [1.165, 1.54) is 0 Å². The molecular weight excluding hydrogens is 206 g/mol. The molecule has 0 radical (unpaired) electrons. The second-order valence-electron chi connectivity index (χ2n) is 5.69. The van der Waals surface area contributed by atoms with Gasteiger partial charge in [0.05, 0.1) is 12.7 Å². The highest BCUT2D eigenvalue weighted by molar-refractivity contribution is 5.68. The lowest BCUT2D eigenvalue weighted by Gasteiger charge is -2.25. The molecule has 0 spiro atoms. The van der Waals surface area contributed by atoms with E-state index in [4.69, 9.17) is 9.47 Å². The molecule has 0 bridgehead atoms. The van der Waals surface area contributed by atoms with Crippen molar-refractivity contribution >= 4 is 6.09 Å². The lowest BCUT2D eigenvalue weighted by molar-refractivity contribution is 0.0485. The molecule has 1 rings (SSSR count). The fraction of sp³-hybridized carbons (Fsp3) is 0.917. The fourth-order valence-electron chi connectivity index (χ4n) is 1.44. The average Bonchev–Trinajstić information content (AvgIpc) is 2.82. The molecule has 1 saturated heterocycles. The molecule has 0 aromatic rings. The van der Waals surface area contributed by atoms with Gasteiger partial charge in [0.25, 0.3) is 0 Å². The zero-order valence-electron chi connectivity index (χ0n) is 10.9. The molecule has 0 aromatic heterocycles. The average molecular weight is 229 g/mol. The van der Waals surface area contributed by atoms with Crippen LogP contribution in [0.15, 0.2) is 0 Å². The summed E-state index contributed by atoms with van der Waals surface area (Å²) in [6, 6.07) is 0.127. The molecule has 1 N–H and O–H groups in total. The van der Waals surface area contributed by atoms with Crippen LogP contribution in [-0.2, 0) is 9.47 Å². The first kappa shape index (κ1) is 13.3. The second-order valence-corrected chi connectivity index (χ2v) is 5.69. The Morgan fingerprint density at radius 2 is 2.06 bits per heavy atom. The summed E-state index contributed by atoms with van der Waals surface area (Å²) in [6.45, 7) is 10.6. The smallest absolute Gasteiger partial charge is 0.407 e. The van der Waals surface area contributed by atoms with E-state index in [1.807, 2.05) is 20.8 Å². The maximum Gasteiger partial charge on any atom is 0.407 e. The maximum absolute atomic E-state index is 11.6. The number of nitrogens with one attached hydrogen (secondary N) is 1. The lowest BCUT2D eigenvalue weighted by Crippen LogP contribution is -2.42. The lowest BCUT2D eigenvalue weighted by atomic mass is 10.00. The van der Waals surface area contributed by atoms with Gasteiger partial charge in [-0.1, -0.05) is 13.8 Å². The van der Waals surface area contributed by atoms with Gasteiger partial charge in [-0.3, -0.25) is 0 Å². The number of amides is 1. The van der Waals surface area contributed by atoms with E-state index in [-0.39, 0.29) is 12.1 Å². The van der Waals surface area contributed by atoms with Crippen LogP contribution in [0.4, 0.5) is 4.79 Å². The third-order valence-corrected chi connectivity index (χ3v) is 2.43. The summed E-state index contributed by atoms with van der Waals surface area (Å²) < 4.78 is 10.4. The largest absolute Gasteiger partial charge is 0.444 e. The highest BCUT2D eigenvalue weighted by Gasteiger charge is 2.30. The molecule has 1 aliphatic heterocycles. The Balaban J connectivity index is 2.37. The van der Waals surface area contributed by atoms with E-state index < -0.39 is 5.60 Å². The first-order valence-corrected chi connectivity index (χ1v) is 5.89. The van der Waals surface area contributed by atoms with Gasteiger partial charge in [0.15, 0.2) is 0 Å². The van der Waals surface area contributed by atoms with Crippen molar-refractivity contribution in [1.29, 1.82) is 0 Å². The zero-order valence-corrected chi connectivity index (χ0v) is 10.9. The molecule has 0 aliphatic carbocycles. The Bertz CT molecular complexity index is 241. The maximum atomic E-state index is 11.6. The number of alkyl carbamates (subject to hydrolysis) is 1. The summed E-state index contributed by atoms with van der Waals surface area (Å²) in [7, 11) is 0. The monoisotopic (exact) mass is 229 g/mol. The fourth-order valence-corrected chi connectivity index (χ4v) is 1.44. The van der Waals surface area contributed by atoms with Gasteiger partial charge in [0.2, 0.25) is 0 Å². The Morgan fingerprint density at radius 1 is 1.50 bits per heavy atom. The van der Waals surface area contributed by atoms with Crippen molar-refractivity contribution < 1.29 is 14.3 Å². The van der Waals surface area contributed by atoms with Gasteiger partial charge >= 0.3 is 6.09 Å². The number of hydrogen-bond donors (Lipinski definition) is 1. The minimum absolute atomic E-state index is 0.127. The van der Waals surface area contributed by atoms with Crippen LogP contribution in [0.1, 0.15) is 41.0 Å². The van der Waals surface area contributed by atoms with Crippen molar-refractivity contribution in [3.8, 4) is 0 Å². The van der Waals surface area contributed by atoms with E-state index in [0.29, 0.717) is 12.0 Å². The summed E-state index contributed by atoms with van der Waals surface area (Å²) in [5, 5.41) is 2.90. The predicted molar refractivity (Wildman–Crippen MR) is 62.4 cm³/mol. The first-order chi connectivity index (χ1) is 7.28. The molecular formula is C12H23NO3. The molecule has 2 unspecified atom stereocenters. The minimum atomic E-state index is -0.443. The number of ether oxygens (including phenoxy) is 2. The van der Waals surface area contributed by atoms with Crippen LogP contribution in [0.5, 0.6) is 0 Å². The number of carbonyl (C=O) groups excluding carboxylic acids is 1. The van der Waals surface area contributed by atoms with E-state index in [9.17, 15) is 4.79 Å². The van der Waals surface area contributed by atoms with Crippen molar-refractivity contribution in [3.63, 3.8) is 0 Å². The van der Waals surface area contributed by atoms with Crippen molar-refractivity contribution in [2.75, 3.05) is 6.61 Å². The molecule has 1 heterocycles. The van der Waals surface area contributed by atoms with Crippen LogP contribution in [0, 0.1) is 5.92 Å². The number of epoxide rings is 1. The third-order valence-electron chi connectivity index (χ3n) is 2.43. The molecule has 4 nitrogen and oxygen atoms in total. The summed E-state index contributed by atoms with van der Waals surface area (Å²) in [4.78, 5) is 11.6. The quantitative estimate of drug-likeness (QED) is 0.753. The van der Waals surface area contributed by atoms with Gasteiger partial charge < -0.3 is 14.8 Å². The number of hydrogen-bond acceptors (Lipinski definition) is 3. The van der Waals surface area contributed by atoms with Gasteiger partial charge in [0.1, 0.15) is 5.60 Å². The highest BCUT2D eigenvalue weighted by atomic mass is 16.6. The van der Waals surface area contributed by atoms with E-state index in [0.717, 1.165) is 13.0 Å². The van der Waals surface area contributed by atoms with Crippen LogP contribution >= 0.6 is 0 Å². The zero-order chi connectivity index (χ0) is 12.3. The van der Waals surface area contributed by atoms with Gasteiger partial charge in [-0.15, -0.1) is 0 Å². The molecule has 1 amide bonds. The van der Waals surface area contributed by atoms with Crippen molar-refractivity contribution in [1.82, 2.24) is 5.32 Å². The molecule has 4 heteroatoms. The molecule has 16 heavy (non-hydrogen) atoms. The number of rotatable bonds is 4. The number of carbonyl (C=O) groups is 1. The van der Waals surface area contributed by atoms with E-state index >= 15 is 0 Å². The molecule has 1 aliphatic rings. The third kappa shape index (κ3) is 5.35. The topological polar surface area (TPSA) is 50.9 Å². The summed E-state index contributed by atoms with van der Waals surface area (Å²) >= 11 is 0. The van der Waals surface area contributed by atoms with Gasteiger partial charge in [-0.25, -0.2) is 4.79 Å². The van der Waals surface area contributed by atoms with Crippen LogP contribution in [0.25, 0.3) is 0 Å². The first-order valence-electron chi connectivity index (χ1n) is 5.89. The van der Waals surface area contributed by atoms with Crippen LogP contribution in [-0.4, -0.2) is 30.4 Å². The van der Waals surface area contributed by atoms with Crippen LogP contribution in [0.2, 0.25) is 0 Å². The molecule has 0 saturated carbocycles. The van der Waals surface area contributed by atoms with Crippen LogP contribution in [0.3, 0.4) is 0 Å². The normalized spacial score (nSPS) is 21.8. The second kappa shape index (κ2) is 5.04. The van der Waals surface area contributed by atoms with E-state index in [2.05, 4.69) is 19.2 Å². The van der Waals surface area contributed by atoms with Crippen molar-refractivity contribution in [2.45, 2.75) is 58.8 Å². The summed E-state index contributed by atoms with van der Waals surface area (Å²) in [6.07, 6.45) is 0.853. The standard InChI is InChI=1S/C12H23NO3/c1-8(2)10(6-9-7-15-9)13-11(14)16-12(3,4)5/h8-10H,6-7H2,1-5H3,(H,13,14). The van der Waals surface area contributed by atoms with Gasteiger partial charge in [-0.05, 0) is 33.1 Å². The predicted octanol–water partition coefficient (Wildman–Crippen LogP) is 2.32. The molecule has 94 valence electrons. The molecule has 2 atom stereocenters. The molecule has 1 fully saturated rings. The van der Waals surface area contributed by atoms with Crippen LogP contribution < -0.4 is 5.32 Å². The van der Waals surface area contributed by atoms with Crippen molar-refractivity contribution in [3.05, 3.63) is 0 Å².